The van der Waals surface area contributed by atoms with Crippen LogP contribution in [0, 0.1) is 0 Å². The molecule has 16 heavy (non-hydrogen) atoms. The average Bonchev–Trinajstić information content (AvgIpc) is 2.23. The molecule has 1 heterocycles. The fourth-order valence-corrected chi connectivity index (χ4v) is 1.70. The Morgan fingerprint density at radius 3 is 2.94 bits per heavy atom. The van der Waals surface area contributed by atoms with Gasteiger partial charge in [-0.05, 0) is 40.5 Å². The van der Waals surface area contributed by atoms with E-state index in [0.29, 0.717) is 12.6 Å². The molecule has 0 aromatic carbocycles. The van der Waals surface area contributed by atoms with Crippen LogP contribution in [0.3, 0.4) is 0 Å². The van der Waals surface area contributed by atoms with Crippen LogP contribution >= 0.6 is 15.9 Å². The summed E-state index contributed by atoms with van der Waals surface area (Å²) in [7, 11) is 0. The Kier molecular flexibility index (Phi) is 6.61. The van der Waals surface area contributed by atoms with Gasteiger partial charge in [-0.3, -0.25) is 4.98 Å². The standard InChI is InChI=1S/C12H19BrN2O/c1-10(2)15-4-3-5-16-9-11-6-12(13)8-14-7-11/h6-8,10,15H,3-5,9H2,1-2H3. The zero-order valence-corrected chi connectivity index (χ0v) is 11.5. The molecule has 0 atom stereocenters. The predicted molar refractivity (Wildman–Crippen MR) is 69.3 cm³/mol. The lowest BCUT2D eigenvalue weighted by Crippen LogP contribution is -2.24. The monoisotopic (exact) mass is 286 g/mol. The van der Waals surface area contributed by atoms with Crippen molar-refractivity contribution in [2.24, 2.45) is 0 Å². The van der Waals surface area contributed by atoms with E-state index in [0.717, 1.165) is 29.6 Å². The number of aromatic nitrogens is 1. The molecule has 0 saturated heterocycles. The molecule has 1 rings (SSSR count). The van der Waals surface area contributed by atoms with Crippen LogP contribution in [0.4, 0.5) is 0 Å². The molecule has 0 amide bonds. The second kappa shape index (κ2) is 7.76. The third kappa shape index (κ3) is 6.20. The van der Waals surface area contributed by atoms with E-state index in [1.54, 1.807) is 6.20 Å². The van der Waals surface area contributed by atoms with Crippen LogP contribution in [-0.2, 0) is 11.3 Å². The number of pyridine rings is 1. The van der Waals surface area contributed by atoms with Crippen LogP contribution in [-0.4, -0.2) is 24.2 Å². The second-order valence-electron chi connectivity index (χ2n) is 4.03. The summed E-state index contributed by atoms with van der Waals surface area (Å²) in [5.41, 5.74) is 1.10. The molecule has 0 fully saturated rings. The van der Waals surface area contributed by atoms with Gasteiger partial charge in [-0.15, -0.1) is 0 Å². The van der Waals surface area contributed by atoms with Gasteiger partial charge < -0.3 is 10.1 Å². The fourth-order valence-electron chi connectivity index (χ4n) is 1.29. The first kappa shape index (κ1) is 13.6. The van der Waals surface area contributed by atoms with Crippen molar-refractivity contribution < 1.29 is 4.74 Å². The number of rotatable bonds is 7. The molecule has 0 spiro atoms. The van der Waals surface area contributed by atoms with E-state index in [4.69, 9.17) is 4.74 Å². The van der Waals surface area contributed by atoms with Gasteiger partial charge in [-0.1, -0.05) is 13.8 Å². The molecular weight excluding hydrogens is 268 g/mol. The normalized spacial score (nSPS) is 11.0. The lowest BCUT2D eigenvalue weighted by Gasteiger charge is -2.08. The Hall–Kier alpha value is -0.450. The lowest BCUT2D eigenvalue weighted by molar-refractivity contribution is 0.118. The van der Waals surface area contributed by atoms with Gasteiger partial charge in [0.05, 0.1) is 6.61 Å². The molecular formula is C12H19BrN2O. The summed E-state index contributed by atoms with van der Waals surface area (Å²) in [4.78, 5) is 4.08. The van der Waals surface area contributed by atoms with Gasteiger partial charge in [0.1, 0.15) is 0 Å². The molecule has 0 unspecified atom stereocenters. The molecule has 0 radical (unpaired) electrons. The summed E-state index contributed by atoms with van der Waals surface area (Å²) < 4.78 is 6.55. The molecule has 0 bridgehead atoms. The lowest BCUT2D eigenvalue weighted by atomic mass is 10.3. The second-order valence-corrected chi connectivity index (χ2v) is 4.94. The van der Waals surface area contributed by atoms with Crippen molar-refractivity contribution >= 4 is 15.9 Å². The Bertz CT molecular complexity index is 305. The summed E-state index contributed by atoms with van der Waals surface area (Å²) in [6.45, 7) is 6.72. The minimum atomic E-state index is 0.550. The Morgan fingerprint density at radius 1 is 1.44 bits per heavy atom. The van der Waals surface area contributed by atoms with Gasteiger partial charge in [-0.2, -0.15) is 0 Å². The summed E-state index contributed by atoms with van der Waals surface area (Å²) in [6, 6.07) is 2.58. The number of hydrogen-bond acceptors (Lipinski definition) is 3. The van der Waals surface area contributed by atoms with Gasteiger partial charge in [-0.25, -0.2) is 0 Å². The molecule has 0 aliphatic heterocycles. The fraction of sp³-hybridized carbons (Fsp3) is 0.583. The SMILES string of the molecule is CC(C)NCCCOCc1cncc(Br)c1. The number of halogens is 1. The zero-order valence-electron chi connectivity index (χ0n) is 9.87. The van der Waals surface area contributed by atoms with Crippen LogP contribution in [0.25, 0.3) is 0 Å². The zero-order chi connectivity index (χ0) is 11.8. The van der Waals surface area contributed by atoms with E-state index in [2.05, 4.69) is 40.1 Å². The van der Waals surface area contributed by atoms with Gasteiger partial charge in [0.25, 0.3) is 0 Å². The maximum atomic E-state index is 5.56. The van der Waals surface area contributed by atoms with Crippen LogP contribution in [0.5, 0.6) is 0 Å². The molecule has 1 aromatic rings. The van der Waals surface area contributed by atoms with Crippen molar-refractivity contribution in [2.75, 3.05) is 13.2 Å². The van der Waals surface area contributed by atoms with Crippen LogP contribution < -0.4 is 5.32 Å². The van der Waals surface area contributed by atoms with Gasteiger partial charge in [0.15, 0.2) is 0 Å². The summed E-state index contributed by atoms with van der Waals surface area (Å²) in [5, 5.41) is 3.35. The molecule has 0 aliphatic rings. The maximum absolute atomic E-state index is 5.56. The Morgan fingerprint density at radius 2 is 2.25 bits per heavy atom. The van der Waals surface area contributed by atoms with Crippen molar-refractivity contribution in [3.05, 3.63) is 28.5 Å². The highest BCUT2D eigenvalue weighted by Crippen LogP contribution is 2.10. The van der Waals surface area contributed by atoms with E-state index in [1.165, 1.54) is 0 Å². The maximum Gasteiger partial charge on any atom is 0.0732 e. The highest BCUT2D eigenvalue weighted by molar-refractivity contribution is 9.10. The summed E-state index contributed by atoms with van der Waals surface area (Å²) >= 11 is 3.38. The minimum absolute atomic E-state index is 0.550. The smallest absolute Gasteiger partial charge is 0.0732 e. The third-order valence-corrected chi connectivity index (χ3v) is 2.48. The van der Waals surface area contributed by atoms with Crippen molar-refractivity contribution in [1.82, 2.24) is 10.3 Å². The van der Waals surface area contributed by atoms with E-state index in [1.807, 2.05) is 12.3 Å². The van der Waals surface area contributed by atoms with E-state index >= 15 is 0 Å². The van der Waals surface area contributed by atoms with Gasteiger partial charge >= 0.3 is 0 Å². The molecule has 1 aromatic heterocycles. The largest absolute Gasteiger partial charge is 0.377 e. The highest BCUT2D eigenvalue weighted by atomic mass is 79.9. The Balaban J connectivity index is 2.07. The number of hydrogen-bond donors (Lipinski definition) is 1. The van der Waals surface area contributed by atoms with E-state index in [-0.39, 0.29) is 0 Å². The first-order valence-corrected chi connectivity index (χ1v) is 6.38. The number of nitrogens with one attached hydrogen (secondary N) is 1. The third-order valence-electron chi connectivity index (χ3n) is 2.05. The number of nitrogens with zero attached hydrogens (tertiary/aromatic N) is 1. The Labute approximate surface area is 106 Å². The first-order chi connectivity index (χ1) is 7.68. The van der Waals surface area contributed by atoms with Crippen molar-refractivity contribution in [1.29, 1.82) is 0 Å². The molecule has 1 N–H and O–H groups in total. The van der Waals surface area contributed by atoms with Crippen molar-refractivity contribution in [2.45, 2.75) is 32.9 Å². The summed E-state index contributed by atoms with van der Waals surface area (Å²) in [5.74, 6) is 0. The van der Waals surface area contributed by atoms with E-state index < -0.39 is 0 Å². The van der Waals surface area contributed by atoms with Gasteiger partial charge in [0.2, 0.25) is 0 Å². The summed E-state index contributed by atoms with van der Waals surface area (Å²) in [6.07, 6.45) is 4.65. The van der Waals surface area contributed by atoms with Crippen LogP contribution in [0.2, 0.25) is 0 Å². The van der Waals surface area contributed by atoms with Gasteiger partial charge in [0, 0.05) is 29.5 Å². The van der Waals surface area contributed by atoms with Crippen LogP contribution in [0.1, 0.15) is 25.8 Å². The minimum Gasteiger partial charge on any atom is -0.377 e. The molecule has 90 valence electrons. The molecule has 3 nitrogen and oxygen atoms in total. The molecule has 0 aliphatic carbocycles. The number of ether oxygens (including phenoxy) is 1. The van der Waals surface area contributed by atoms with Crippen molar-refractivity contribution in [3.63, 3.8) is 0 Å². The average molecular weight is 287 g/mol. The molecule has 0 saturated carbocycles. The van der Waals surface area contributed by atoms with Crippen molar-refractivity contribution in [3.8, 4) is 0 Å². The first-order valence-electron chi connectivity index (χ1n) is 5.59. The van der Waals surface area contributed by atoms with Crippen LogP contribution in [0.15, 0.2) is 22.9 Å². The highest BCUT2D eigenvalue weighted by Gasteiger charge is 1.96. The quantitative estimate of drug-likeness (QED) is 0.783. The molecule has 4 heteroatoms. The predicted octanol–water partition coefficient (Wildman–Crippen LogP) is 2.75. The van der Waals surface area contributed by atoms with E-state index in [9.17, 15) is 0 Å². The topological polar surface area (TPSA) is 34.1 Å².